The van der Waals surface area contributed by atoms with E-state index in [1.165, 1.54) is 5.69 Å². The molecule has 0 unspecified atom stereocenters. The molecule has 1 atom stereocenters. The molecule has 0 spiro atoms. The molecular formula is C21H28N6O2. The minimum atomic E-state index is -0.367. The molecule has 1 aromatic heterocycles. The summed E-state index contributed by atoms with van der Waals surface area (Å²) in [6.07, 6.45) is 1.36. The van der Waals surface area contributed by atoms with Crippen LogP contribution in [-0.2, 0) is 11.3 Å². The normalized spacial score (nSPS) is 17.7. The minimum Gasteiger partial charge on any atom is -0.444 e. The monoisotopic (exact) mass is 396 g/mol. The number of anilines is 3. The highest BCUT2D eigenvalue weighted by molar-refractivity contribution is 5.89. The van der Waals surface area contributed by atoms with Gasteiger partial charge in [-0.3, -0.25) is 4.90 Å². The molecule has 2 N–H and O–H groups in total. The van der Waals surface area contributed by atoms with Crippen molar-refractivity contribution in [2.45, 2.75) is 39.5 Å². The first-order valence-corrected chi connectivity index (χ1v) is 10.2. The lowest BCUT2D eigenvalue weighted by atomic mass is 10.1. The van der Waals surface area contributed by atoms with Crippen LogP contribution in [0.4, 0.5) is 22.2 Å². The van der Waals surface area contributed by atoms with Gasteiger partial charge in [0.2, 0.25) is 5.95 Å². The Morgan fingerprint density at radius 1 is 1.14 bits per heavy atom. The van der Waals surface area contributed by atoms with Gasteiger partial charge in [-0.25, -0.2) is 9.78 Å². The summed E-state index contributed by atoms with van der Waals surface area (Å²) in [4.78, 5) is 25.1. The maximum Gasteiger partial charge on any atom is 0.416 e. The van der Waals surface area contributed by atoms with E-state index in [9.17, 15) is 4.79 Å². The number of hydrogen-bond acceptors (Lipinski definition) is 7. The molecule has 2 aliphatic heterocycles. The van der Waals surface area contributed by atoms with Gasteiger partial charge in [0.15, 0.2) is 0 Å². The number of rotatable bonds is 5. The number of nitrogens with zero attached hydrogens (tertiary/aromatic N) is 4. The summed E-state index contributed by atoms with van der Waals surface area (Å²) in [5.41, 5.74) is 3.22. The highest BCUT2D eigenvalue weighted by Gasteiger charge is 2.30. The van der Waals surface area contributed by atoms with Crippen LogP contribution in [0.15, 0.2) is 30.5 Å². The number of ether oxygens (including phenoxy) is 1. The van der Waals surface area contributed by atoms with Crippen LogP contribution in [0, 0.1) is 0 Å². The summed E-state index contributed by atoms with van der Waals surface area (Å²) in [6, 6.07) is 8.62. The maximum absolute atomic E-state index is 12.1. The summed E-state index contributed by atoms with van der Waals surface area (Å²) in [5.74, 6) is 1.12. The highest BCUT2D eigenvalue weighted by atomic mass is 16.6. The molecule has 29 heavy (non-hydrogen) atoms. The van der Waals surface area contributed by atoms with Crippen molar-refractivity contribution >= 4 is 23.5 Å². The molecule has 0 aliphatic carbocycles. The smallest absolute Gasteiger partial charge is 0.416 e. The lowest BCUT2D eigenvalue weighted by molar-refractivity contribution is 0.139. The van der Waals surface area contributed by atoms with Crippen LogP contribution in [0.2, 0.25) is 0 Å². The fourth-order valence-electron chi connectivity index (χ4n) is 3.70. The Morgan fingerprint density at radius 3 is 2.55 bits per heavy atom. The number of fused-ring (bicyclic) bond motifs is 1. The van der Waals surface area contributed by atoms with E-state index < -0.39 is 0 Å². The van der Waals surface area contributed by atoms with Crippen molar-refractivity contribution in [3.05, 3.63) is 41.6 Å². The van der Waals surface area contributed by atoms with Crippen molar-refractivity contribution in [2.24, 2.45) is 0 Å². The van der Waals surface area contributed by atoms with Gasteiger partial charge < -0.3 is 20.3 Å². The van der Waals surface area contributed by atoms with Crippen LogP contribution in [0.1, 0.15) is 37.9 Å². The Bertz CT molecular complexity index is 864. The third-order valence-electron chi connectivity index (χ3n) is 5.35. The third-order valence-corrected chi connectivity index (χ3v) is 5.35. The van der Waals surface area contributed by atoms with Gasteiger partial charge in [0, 0.05) is 44.1 Å². The summed E-state index contributed by atoms with van der Waals surface area (Å²) in [5, 5.41) is 6.73. The molecule has 0 bridgehead atoms. The van der Waals surface area contributed by atoms with Crippen LogP contribution in [0.5, 0.6) is 0 Å². The van der Waals surface area contributed by atoms with Crippen molar-refractivity contribution in [1.29, 1.82) is 0 Å². The molecule has 154 valence electrons. The molecule has 1 fully saturated rings. The molecule has 0 saturated carbocycles. The van der Waals surface area contributed by atoms with Crippen molar-refractivity contribution in [3.8, 4) is 0 Å². The first kappa shape index (κ1) is 19.4. The molecule has 2 aromatic rings. The fourth-order valence-corrected chi connectivity index (χ4v) is 3.70. The molecule has 1 saturated heterocycles. The van der Waals surface area contributed by atoms with E-state index in [1.807, 2.05) is 13.8 Å². The van der Waals surface area contributed by atoms with E-state index in [2.05, 4.69) is 56.7 Å². The Kier molecular flexibility index (Phi) is 5.53. The van der Waals surface area contributed by atoms with Crippen LogP contribution in [-0.4, -0.2) is 48.3 Å². The lowest BCUT2D eigenvalue weighted by Crippen LogP contribution is -2.43. The Labute approximate surface area is 171 Å². The second-order valence-corrected chi connectivity index (χ2v) is 7.76. The second-order valence-electron chi connectivity index (χ2n) is 7.76. The largest absolute Gasteiger partial charge is 0.444 e. The van der Waals surface area contributed by atoms with Gasteiger partial charge in [-0.05, 0) is 38.5 Å². The van der Waals surface area contributed by atoms with Crippen LogP contribution < -0.4 is 20.4 Å². The molecule has 8 nitrogen and oxygen atoms in total. The van der Waals surface area contributed by atoms with Crippen molar-refractivity contribution in [1.82, 2.24) is 15.3 Å². The van der Waals surface area contributed by atoms with Crippen LogP contribution in [0.3, 0.4) is 0 Å². The average molecular weight is 396 g/mol. The zero-order chi connectivity index (χ0) is 20.4. The Morgan fingerprint density at radius 2 is 1.86 bits per heavy atom. The standard InChI is InChI=1S/C21H28N6O2/c1-14(2)27-19-17(13-29-21(27)28)12-23-20(25-19)24-15(3)16-4-6-18(7-5-16)26-10-8-22-9-11-26/h4-7,12,14-15,22H,8-11,13H2,1-3H3,(H,23,24,25)/t15-/m0/s1. The number of carbonyl (C=O) groups excluding carboxylic acids is 1. The molecule has 1 aromatic carbocycles. The molecule has 1 amide bonds. The number of nitrogens with one attached hydrogen (secondary N) is 2. The lowest BCUT2D eigenvalue weighted by Gasteiger charge is -2.31. The zero-order valence-corrected chi connectivity index (χ0v) is 17.2. The molecule has 3 heterocycles. The predicted molar refractivity (Wildman–Crippen MR) is 113 cm³/mol. The van der Waals surface area contributed by atoms with Gasteiger partial charge in [-0.1, -0.05) is 12.1 Å². The van der Waals surface area contributed by atoms with Crippen molar-refractivity contribution < 1.29 is 9.53 Å². The zero-order valence-electron chi connectivity index (χ0n) is 17.2. The molecule has 0 radical (unpaired) electrons. The van der Waals surface area contributed by atoms with Crippen molar-refractivity contribution in [3.63, 3.8) is 0 Å². The Hall–Kier alpha value is -2.87. The van der Waals surface area contributed by atoms with Crippen LogP contribution >= 0.6 is 0 Å². The van der Waals surface area contributed by atoms with Crippen LogP contribution in [0.25, 0.3) is 0 Å². The Balaban J connectivity index is 1.48. The summed E-state index contributed by atoms with van der Waals surface area (Å²) in [6.45, 7) is 10.3. The first-order chi connectivity index (χ1) is 14.0. The topological polar surface area (TPSA) is 82.6 Å². The summed E-state index contributed by atoms with van der Waals surface area (Å²) < 4.78 is 5.21. The average Bonchev–Trinajstić information content (AvgIpc) is 2.74. The minimum absolute atomic E-state index is 0.0353. The van der Waals surface area contributed by atoms with Gasteiger partial charge in [-0.15, -0.1) is 0 Å². The fraction of sp³-hybridized carbons (Fsp3) is 0.476. The SMILES string of the molecule is CC(C)N1C(=O)OCc2cnc(N[C@@H](C)c3ccc(N4CCNCC4)cc3)nc21. The predicted octanol–water partition coefficient (Wildman–Crippen LogP) is 2.92. The van der Waals surface area contributed by atoms with Gasteiger partial charge in [0.25, 0.3) is 0 Å². The quantitative estimate of drug-likeness (QED) is 0.804. The molecule has 8 heteroatoms. The summed E-state index contributed by atoms with van der Waals surface area (Å²) >= 11 is 0. The summed E-state index contributed by atoms with van der Waals surface area (Å²) in [7, 11) is 0. The third kappa shape index (κ3) is 4.12. The number of amides is 1. The van der Waals surface area contributed by atoms with Gasteiger partial charge in [-0.2, -0.15) is 4.98 Å². The highest BCUT2D eigenvalue weighted by Crippen LogP contribution is 2.28. The van der Waals surface area contributed by atoms with Gasteiger partial charge >= 0.3 is 6.09 Å². The number of aromatic nitrogens is 2. The van der Waals surface area contributed by atoms with Gasteiger partial charge in [0.1, 0.15) is 12.4 Å². The number of cyclic esters (lactones) is 1. The van der Waals surface area contributed by atoms with E-state index in [0.717, 1.165) is 37.3 Å². The van der Waals surface area contributed by atoms with E-state index in [-0.39, 0.29) is 24.8 Å². The van der Waals surface area contributed by atoms with Crippen molar-refractivity contribution in [2.75, 3.05) is 41.3 Å². The first-order valence-electron chi connectivity index (χ1n) is 10.2. The van der Waals surface area contributed by atoms with E-state index in [1.54, 1.807) is 11.1 Å². The maximum atomic E-state index is 12.1. The van der Waals surface area contributed by atoms with E-state index in [4.69, 9.17) is 4.74 Å². The number of hydrogen-bond donors (Lipinski definition) is 2. The second kappa shape index (κ2) is 8.24. The number of piperazine rings is 1. The number of carbonyl (C=O) groups is 1. The van der Waals surface area contributed by atoms with E-state index in [0.29, 0.717) is 11.8 Å². The van der Waals surface area contributed by atoms with E-state index >= 15 is 0 Å². The molecular weight excluding hydrogens is 368 g/mol. The number of benzene rings is 1. The molecule has 4 rings (SSSR count). The molecule has 2 aliphatic rings. The van der Waals surface area contributed by atoms with Gasteiger partial charge in [0.05, 0.1) is 11.6 Å².